The first-order valence-electron chi connectivity index (χ1n) is 9.51. The zero-order valence-corrected chi connectivity index (χ0v) is 16.9. The molecule has 144 valence electrons. The Morgan fingerprint density at radius 2 is 2.04 bits per heavy atom. The minimum atomic E-state index is -0.483. The van der Waals surface area contributed by atoms with E-state index in [0.29, 0.717) is 24.0 Å². The molecule has 2 aliphatic rings. The standard InChI is InChI=1S/C19H28BrN3O3/c1-26-19(25)15-10-13(20)11-21-18(15)23-9-8-16(17(24)12-23)22-14-6-4-2-3-5-7-14/h10-11,14,16-17,22,24H,2-9,12H2,1H3. The lowest BCUT2D eigenvalue weighted by Crippen LogP contribution is -2.55. The summed E-state index contributed by atoms with van der Waals surface area (Å²) in [5.41, 5.74) is 0.421. The first kappa shape index (κ1) is 19.6. The average Bonchev–Trinajstić information content (AvgIpc) is 2.91. The molecular weight excluding hydrogens is 398 g/mol. The maximum absolute atomic E-state index is 12.1. The highest BCUT2D eigenvalue weighted by Gasteiger charge is 2.31. The number of carbonyl (C=O) groups is 1. The van der Waals surface area contributed by atoms with E-state index in [1.54, 1.807) is 12.3 Å². The van der Waals surface area contributed by atoms with Crippen LogP contribution in [-0.2, 0) is 4.74 Å². The van der Waals surface area contributed by atoms with Gasteiger partial charge in [-0.2, -0.15) is 0 Å². The number of anilines is 1. The van der Waals surface area contributed by atoms with Crippen molar-refractivity contribution in [3.63, 3.8) is 0 Å². The van der Waals surface area contributed by atoms with Gasteiger partial charge in [-0.1, -0.05) is 25.7 Å². The number of ether oxygens (including phenoxy) is 1. The predicted octanol–water partition coefficient (Wildman–Crippen LogP) is 2.88. The van der Waals surface area contributed by atoms with Crippen molar-refractivity contribution in [1.82, 2.24) is 10.3 Å². The average molecular weight is 426 g/mol. The SMILES string of the molecule is COC(=O)c1cc(Br)cnc1N1CCC(NC2CCCCCC2)C(O)C1. The molecule has 0 radical (unpaired) electrons. The molecule has 1 aromatic heterocycles. The Hall–Kier alpha value is -1.18. The van der Waals surface area contributed by atoms with Crippen LogP contribution in [0.4, 0.5) is 5.82 Å². The quantitative estimate of drug-likeness (QED) is 0.570. The molecule has 2 heterocycles. The van der Waals surface area contributed by atoms with Gasteiger partial charge in [0, 0.05) is 35.8 Å². The monoisotopic (exact) mass is 425 g/mol. The molecule has 6 nitrogen and oxygen atoms in total. The fourth-order valence-electron chi connectivity index (χ4n) is 4.01. The van der Waals surface area contributed by atoms with Gasteiger partial charge in [0.25, 0.3) is 0 Å². The highest BCUT2D eigenvalue weighted by Crippen LogP contribution is 2.26. The van der Waals surface area contributed by atoms with E-state index < -0.39 is 12.1 Å². The number of aliphatic hydroxyl groups is 1. The van der Waals surface area contributed by atoms with Gasteiger partial charge in [0.2, 0.25) is 0 Å². The number of hydrogen-bond donors (Lipinski definition) is 2. The number of halogens is 1. The largest absolute Gasteiger partial charge is 0.465 e. The number of aliphatic hydroxyl groups excluding tert-OH is 1. The van der Waals surface area contributed by atoms with E-state index in [0.717, 1.165) is 17.4 Å². The van der Waals surface area contributed by atoms with E-state index in [9.17, 15) is 9.90 Å². The molecule has 1 aliphatic carbocycles. The maximum atomic E-state index is 12.1. The van der Waals surface area contributed by atoms with Crippen LogP contribution in [0.15, 0.2) is 16.7 Å². The van der Waals surface area contributed by atoms with Gasteiger partial charge in [0.05, 0.1) is 13.2 Å². The van der Waals surface area contributed by atoms with Crippen LogP contribution >= 0.6 is 15.9 Å². The molecule has 1 aromatic rings. The molecule has 2 atom stereocenters. The van der Waals surface area contributed by atoms with Gasteiger partial charge < -0.3 is 20.1 Å². The highest BCUT2D eigenvalue weighted by molar-refractivity contribution is 9.10. The van der Waals surface area contributed by atoms with E-state index in [-0.39, 0.29) is 6.04 Å². The fourth-order valence-corrected chi connectivity index (χ4v) is 4.34. The fraction of sp³-hybridized carbons (Fsp3) is 0.684. The topological polar surface area (TPSA) is 74.7 Å². The lowest BCUT2D eigenvalue weighted by Gasteiger charge is -2.39. The summed E-state index contributed by atoms with van der Waals surface area (Å²) in [6, 6.07) is 2.34. The molecule has 2 unspecified atom stereocenters. The number of nitrogens with one attached hydrogen (secondary N) is 1. The third-order valence-electron chi connectivity index (χ3n) is 5.43. The molecule has 0 aromatic carbocycles. The van der Waals surface area contributed by atoms with Crippen molar-refractivity contribution in [2.75, 3.05) is 25.1 Å². The van der Waals surface area contributed by atoms with E-state index >= 15 is 0 Å². The van der Waals surface area contributed by atoms with E-state index in [4.69, 9.17) is 4.74 Å². The number of pyridine rings is 1. The number of nitrogens with zero attached hydrogens (tertiary/aromatic N) is 2. The van der Waals surface area contributed by atoms with Crippen molar-refractivity contribution < 1.29 is 14.6 Å². The third kappa shape index (κ3) is 4.75. The predicted molar refractivity (Wildman–Crippen MR) is 105 cm³/mol. The molecule has 3 rings (SSSR count). The minimum absolute atomic E-state index is 0.103. The third-order valence-corrected chi connectivity index (χ3v) is 5.86. The van der Waals surface area contributed by atoms with Crippen molar-refractivity contribution >= 4 is 27.7 Å². The summed E-state index contributed by atoms with van der Waals surface area (Å²) in [5, 5.41) is 14.4. The molecule has 26 heavy (non-hydrogen) atoms. The second kappa shape index (κ2) is 9.15. The molecule has 1 aliphatic heterocycles. The van der Waals surface area contributed by atoms with Crippen LogP contribution in [0.5, 0.6) is 0 Å². The Kier molecular flexibility index (Phi) is 6.89. The van der Waals surface area contributed by atoms with Gasteiger partial charge in [-0.25, -0.2) is 9.78 Å². The summed E-state index contributed by atoms with van der Waals surface area (Å²) in [5.74, 6) is 0.161. The Balaban J connectivity index is 1.66. The molecular formula is C19H28BrN3O3. The number of hydrogen-bond acceptors (Lipinski definition) is 6. The molecule has 7 heteroatoms. The summed E-state index contributed by atoms with van der Waals surface area (Å²) in [7, 11) is 1.37. The molecule has 0 bridgehead atoms. The Bertz CT molecular complexity index is 620. The van der Waals surface area contributed by atoms with Gasteiger partial charge in [0.1, 0.15) is 11.4 Å². The number of aromatic nitrogens is 1. The Labute approximate surface area is 163 Å². The maximum Gasteiger partial charge on any atom is 0.341 e. The van der Waals surface area contributed by atoms with Crippen molar-refractivity contribution in [3.8, 4) is 0 Å². The van der Waals surface area contributed by atoms with E-state index in [2.05, 4.69) is 26.2 Å². The van der Waals surface area contributed by atoms with Gasteiger partial charge in [-0.05, 0) is 41.3 Å². The summed E-state index contributed by atoms with van der Waals surface area (Å²) >= 11 is 3.35. The number of β-amino-alcohol motifs (C(OH)–C–C–N with tert-alkyl or cyclic N) is 1. The Morgan fingerprint density at radius 3 is 2.69 bits per heavy atom. The van der Waals surface area contributed by atoms with Crippen molar-refractivity contribution in [2.45, 2.75) is 63.1 Å². The van der Waals surface area contributed by atoms with E-state index in [1.807, 2.05) is 4.90 Å². The minimum Gasteiger partial charge on any atom is -0.465 e. The molecule has 1 saturated carbocycles. The van der Waals surface area contributed by atoms with Crippen LogP contribution in [0.2, 0.25) is 0 Å². The van der Waals surface area contributed by atoms with Crippen molar-refractivity contribution in [2.24, 2.45) is 0 Å². The first-order chi connectivity index (χ1) is 12.6. The van der Waals surface area contributed by atoms with Crippen LogP contribution in [0.3, 0.4) is 0 Å². The number of esters is 1. The van der Waals surface area contributed by atoms with Gasteiger partial charge in [0.15, 0.2) is 0 Å². The molecule has 2 fully saturated rings. The molecule has 1 saturated heterocycles. The smallest absolute Gasteiger partial charge is 0.341 e. The van der Waals surface area contributed by atoms with Crippen LogP contribution in [0.25, 0.3) is 0 Å². The Morgan fingerprint density at radius 1 is 1.31 bits per heavy atom. The highest BCUT2D eigenvalue weighted by atomic mass is 79.9. The van der Waals surface area contributed by atoms with Crippen LogP contribution in [0, 0.1) is 0 Å². The molecule has 0 amide bonds. The lowest BCUT2D eigenvalue weighted by atomic mass is 9.98. The summed E-state index contributed by atoms with van der Waals surface area (Å²) in [4.78, 5) is 18.5. The van der Waals surface area contributed by atoms with Crippen molar-refractivity contribution in [1.29, 1.82) is 0 Å². The van der Waals surface area contributed by atoms with Crippen LogP contribution in [0.1, 0.15) is 55.3 Å². The van der Waals surface area contributed by atoms with Crippen molar-refractivity contribution in [3.05, 3.63) is 22.3 Å². The van der Waals surface area contributed by atoms with Gasteiger partial charge >= 0.3 is 5.97 Å². The number of rotatable bonds is 4. The number of piperidine rings is 1. The number of carbonyl (C=O) groups excluding carboxylic acids is 1. The lowest BCUT2D eigenvalue weighted by molar-refractivity contribution is 0.0599. The second-order valence-corrected chi connectivity index (χ2v) is 8.20. The second-order valence-electron chi connectivity index (χ2n) is 7.28. The van der Waals surface area contributed by atoms with Gasteiger partial charge in [-0.15, -0.1) is 0 Å². The number of methoxy groups -OCH3 is 1. The first-order valence-corrected chi connectivity index (χ1v) is 10.3. The van der Waals surface area contributed by atoms with Crippen LogP contribution in [-0.4, -0.2) is 54.4 Å². The summed E-state index contributed by atoms with van der Waals surface area (Å²) in [6.07, 6.45) is 9.62. The van der Waals surface area contributed by atoms with Crippen LogP contribution < -0.4 is 10.2 Å². The van der Waals surface area contributed by atoms with E-state index in [1.165, 1.54) is 45.6 Å². The zero-order chi connectivity index (χ0) is 18.5. The molecule has 0 spiro atoms. The molecule has 2 N–H and O–H groups in total. The zero-order valence-electron chi connectivity index (χ0n) is 15.3. The normalized spacial score (nSPS) is 25.0. The van der Waals surface area contributed by atoms with Gasteiger partial charge in [-0.3, -0.25) is 0 Å². The summed E-state index contributed by atoms with van der Waals surface area (Å²) in [6.45, 7) is 1.21. The summed E-state index contributed by atoms with van der Waals surface area (Å²) < 4.78 is 5.61.